The van der Waals surface area contributed by atoms with Crippen molar-refractivity contribution in [3.05, 3.63) is 36.0 Å². The number of benzene rings is 1. The summed E-state index contributed by atoms with van der Waals surface area (Å²) in [6.45, 7) is 9.54. The van der Waals surface area contributed by atoms with Crippen LogP contribution in [0.4, 0.5) is 5.82 Å². The molecule has 1 aromatic carbocycles. The van der Waals surface area contributed by atoms with Crippen LogP contribution in [0.5, 0.6) is 11.5 Å². The summed E-state index contributed by atoms with van der Waals surface area (Å²) in [7, 11) is 0. The molecule has 2 aromatic rings. The van der Waals surface area contributed by atoms with E-state index in [1.54, 1.807) is 6.20 Å². The van der Waals surface area contributed by atoms with Crippen LogP contribution in [0.15, 0.2) is 30.5 Å². The molecule has 4 rings (SSSR count). The Morgan fingerprint density at radius 1 is 1.32 bits per heavy atom. The summed E-state index contributed by atoms with van der Waals surface area (Å²) < 4.78 is 11.8. The summed E-state index contributed by atoms with van der Waals surface area (Å²) >= 11 is 0. The van der Waals surface area contributed by atoms with Gasteiger partial charge in [0.05, 0.1) is 5.54 Å². The van der Waals surface area contributed by atoms with Crippen LogP contribution in [0.2, 0.25) is 0 Å². The van der Waals surface area contributed by atoms with Crippen LogP contribution in [0.3, 0.4) is 0 Å². The molecule has 0 saturated carbocycles. The minimum atomic E-state index is 0.0723. The smallest absolute Gasteiger partial charge is 0.131 e. The van der Waals surface area contributed by atoms with E-state index < -0.39 is 0 Å². The summed E-state index contributed by atoms with van der Waals surface area (Å²) in [4.78, 5) is 4.13. The van der Waals surface area contributed by atoms with E-state index >= 15 is 0 Å². The number of fused-ring (bicyclic) bond motifs is 3. The zero-order valence-corrected chi connectivity index (χ0v) is 15.4. The van der Waals surface area contributed by atoms with Gasteiger partial charge in [-0.05, 0) is 44.0 Å². The lowest BCUT2D eigenvalue weighted by Crippen LogP contribution is -2.63. The quantitative estimate of drug-likeness (QED) is 0.889. The molecule has 1 fully saturated rings. The maximum absolute atomic E-state index is 5.96. The van der Waals surface area contributed by atoms with Gasteiger partial charge in [0, 0.05) is 29.4 Å². The van der Waals surface area contributed by atoms with Gasteiger partial charge in [-0.2, -0.15) is 0 Å². The fourth-order valence-electron chi connectivity index (χ4n) is 3.55. The monoisotopic (exact) mass is 341 g/mol. The van der Waals surface area contributed by atoms with Crippen molar-refractivity contribution in [3.8, 4) is 22.6 Å². The lowest BCUT2D eigenvalue weighted by Gasteiger charge is -2.45. The van der Waals surface area contributed by atoms with Gasteiger partial charge in [0.2, 0.25) is 0 Å². The number of nitrogen functional groups attached to an aromatic ring is 1. The maximum atomic E-state index is 5.96. The molecule has 2 aliphatic heterocycles. The van der Waals surface area contributed by atoms with Crippen molar-refractivity contribution >= 4 is 5.82 Å². The normalized spacial score (nSPS) is 23.1. The van der Waals surface area contributed by atoms with Gasteiger partial charge < -0.3 is 20.5 Å². The van der Waals surface area contributed by atoms with E-state index in [4.69, 9.17) is 15.2 Å². The van der Waals surface area contributed by atoms with E-state index in [-0.39, 0.29) is 5.54 Å². The molecule has 5 nitrogen and oxygen atoms in total. The SMILES string of the molecule is CC.CC1CC(C)(COc2ccc3c(c2)OCc2cnc(N)cc2-3)N1. The second kappa shape index (κ2) is 6.92. The lowest BCUT2D eigenvalue weighted by atomic mass is 9.85. The van der Waals surface area contributed by atoms with Gasteiger partial charge in [-0.15, -0.1) is 0 Å². The Labute approximate surface area is 149 Å². The number of hydrogen-bond donors (Lipinski definition) is 2. The number of ether oxygens (including phenoxy) is 2. The van der Waals surface area contributed by atoms with Crippen LogP contribution in [-0.4, -0.2) is 23.2 Å². The van der Waals surface area contributed by atoms with Crippen LogP contribution in [-0.2, 0) is 6.61 Å². The fraction of sp³-hybridized carbons (Fsp3) is 0.450. The van der Waals surface area contributed by atoms with Crippen LogP contribution in [0, 0.1) is 0 Å². The minimum absolute atomic E-state index is 0.0723. The topological polar surface area (TPSA) is 69.4 Å². The van der Waals surface area contributed by atoms with Crippen molar-refractivity contribution in [2.75, 3.05) is 12.3 Å². The van der Waals surface area contributed by atoms with Crippen LogP contribution in [0.25, 0.3) is 11.1 Å². The number of nitrogens with two attached hydrogens (primary N) is 1. The average Bonchev–Trinajstić information content (AvgIpc) is 2.60. The Hall–Kier alpha value is -2.27. The first kappa shape index (κ1) is 17.5. The molecule has 0 aliphatic carbocycles. The molecule has 2 atom stereocenters. The molecule has 0 radical (unpaired) electrons. The maximum Gasteiger partial charge on any atom is 0.131 e. The lowest BCUT2D eigenvalue weighted by molar-refractivity contribution is 0.0949. The largest absolute Gasteiger partial charge is 0.492 e. The number of nitrogens with one attached hydrogen (secondary N) is 1. The highest BCUT2D eigenvalue weighted by molar-refractivity contribution is 5.77. The molecule has 2 unspecified atom stereocenters. The van der Waals surface area contributed by atoms with Crippen LogP contribution in [0.1, 0.15) is 39.7 Å². The molecule has 3 N–H and O–H groups in total. The van der Waals surface area contributed by atoms with Crippen LogP contribution < -0.4 is 20.5 Å². The third kappa shape index (κ3) is 3.56. The second-order valence-electron chi connectivity index (χ2n) is 6.81. The van der Waals surface area contributed by atoms with Crippen molar-refractivity contribution in [3.63, 3.8) is 0 Å². The van der Waals surface area contributed by atoms with Crippen LogP contribution >= 0.6 is 0 Å². The number of nitrogens with zero attached hydrogens (tertiary/aromatic N) is 1. The number of rotatable bonds is 3. The molecule has 0 bridgehead atoms. The number of anilines is 1. The summed E-state index contributed by atoms with van der Waals surface area (Å²) in [5, 5.41) is 3.49. The Morgan fingerprint density at radius 2 is 2.08 bits per heavy atom. The summed E-state index contributed by atoms with van der Waals surface area (Å²) in [6.07, 6.45) is 2.91. The van der Waals surface area contributed by atoms with Gasteiger partial charge in [-0.1, -0.05) is 13.8 Å². The van der Waals surface area contributed by atoms with Gasteiger partial charge in [-0.3, -0.25) is 0 Å². The molecule has 2 aliphatic rings. The highest BCUT2D eigenvalue weighted by Crippen LogP contribution is 2.40. The molecular formula is C20H27N3O2. The minimum Gasteiger partial charge on any atom is -0.492 e. The third-order valence-corrected chi connectivity index (χ3v) is 4.54. The molecule has 1 saturated heterocycles. The van der Waals surface area contributed by atoms with Crippen molar-refractivity contribution in [2.24, 2.45) is 0 Å². The fourth-order valence-corrected chi connectivity index (χ4v) is 3.55. The van der Waals surface area contributed by atoms with E-state index in [1.165, 1.54) is 0 Å². The van der Waals surface area contributed by atoms with E-state index in [2.05, 4.69) is 24.1 Å². The summed E-state index contributed by atoms with van der Waals surface area (Å²) in [6, 6.07) is 8.45. The molecule has 0 spiro atoms. The van der Waals surface area contributed by atoms with Gasteiger partial charge in [-0.25, -0.2) is 4.98 Å². The van der Waals surface area contributed by atoms with Gasteiger partial charge in [0.25, 0.3) is 0 Å². The Bertz CT molecular complexity index is 755. The summed E-state index contributed by atoms with van der Waals surface area (Å²) in [5.41, 5.74) is 9.07. The average molecular weight is 341 g/mol. The Morgan fingerprint density at radius 3 is 2.80 bits per heavy atom. The van der Waals surface area contributed by atoms with E-state index in [0.717, 1.165) is 34.6 Å². The van der Waals surface area contributed by atoms with Crippen molar-refractivity contribution in [1.29, 1.82) is 0 Å². The predicted molar refractivity (Wildman–Crippen MR) is 101 cm³/mol. The van der Waals surface area contributed by atoms with Gasteiger partial charge in [0.15, 0.2) is 0 Å². The molecule has 134 valence electrons. The van der Waals surface area contributed by atoms with Crippen molar-refractivity contribution in [1.82, 2.24) is 10.3 Å². The molecule has 0 amide bonds. The first-order chi connectivity index (χ1) is 12.0. The van der Waals surface area contributed by atoms with Crippen molar-refractivity contribution < 1.29 is 9.47 Å². The molecule has 25 heavy (non-hydrogen) atoms. The summed E-state index contributed by atoms with van der Waals surface area (Å²) in [5.74, 6) is 2.19. The first-order valence-corrected chi connectivity index (χ1v) is 8.95. The zero-order chi connectivity index (χ0) is 18.0. The zero-order valence-electron chi connectivity index (χ0n) is 15.4. The number of pyridine rings is 1. The molecule has 5 heteroatoms. The third-order valence-electron chi connectivity index (χ3n) is 4.54. The van der Waals surface area contributed by atoms with E-state index in [9.17, 15) is 0 Å². The van der Waals surface area contributed by atoms with E-state index in [0.29, 0.717) is 25.1 Å². The van der Waals surface area contributed by atoms with Gasteiger partial charge in [0.1, 0.15) is 30.5 Å². The highest BCUT2D eigenvalue weighted by Gasteiger charge is 2.37. The second-order valence-corrected chi connectivity index (χ2v) is 6.81. The molecule has 1 aromatic heterocycles. The highest BCUT2D eigenvalue weighted by atomic mass is 16.5. The van der Waals surface area contributed by atoms with Crippen molar-refractivity contribution in [2.45, 2.75) is 52.3 Å². The van der Waals surface area contributed by atoms with E-state index in [1.807, 2.05) is 38.1 Å². The molecule has 3 heterocycles. The van der Waals surface area contributed by atoms with Gasteiger partial charge >= 0.3 is 0 Å². The number of hydrogen-bond acceptors (Lipinski definition) is 5. The number of aromatic nitrogens is 1. The standard InChI is InChI=1S/C18H21N3O2.C2H6/c1-11-7-18(2,21-11)10-23-13-3-4-14-15-6-17(19)20-8-12(15)9-22-16(14)5-13;1-2/h3-6,8,11,21H,7,9-10H2,1-2H3,(H2,19,20);1-2H3. The Kier molecular flexibility index (Phi) is 4.86. The first-order valence-electron chi connectivity index (χ1n) is 8.95. The predicted octanol–water partition coefficient (Wildman–Crippen LogP) is 3.77. The molecular weight excluding hydrogens is 314 g/mol. The Balaban J connectivity index is 0.000000880.